The Labute approximate surface area is 162 Å². The SMILES string of the molecule is Cc1ccc(N=C(C=CSc2ccc(F)cc2)SCCCCCl)cc1. The average molecular weight is 394 g/mol. The molecule has 0 aromatic heterocycles. The van der Waals surface area contributed by atoms with Crippen LogP contribution in [0.2, 0.25) is 0 Å². The molecule has 0 saturated heterocycles. The van der Waals surface area contributed by atoms with Crippen molar-refractivity contribution in [2.75, 3.05) is 11.6 Å². The van der Waals surface area contributed by atoms with Gasteiger partial charge in [0, 0.05) is 10.8 Å². The van der Waals surface area contributed by atoms with Crippen LogP contribution in [0.1, 0.15) is 18.4 Å². The molecule has 0 radical (unpaired) electrons. The van der Waals surface area contributed by atoms with Gasteiger partial charge in [-0.25, -0.2) is 9.38 Å². The van der Waals surface area contributed by atoms with Crippen molar-refractivity contribution < 1.29 is 4.39 Å². The number of alkyl halides is 1. The maximum absolute atomic E-state index is 13.0. The Morgan fingerprint density at radius 3 is 2.48 bits per heavy atom. The third-order valence-electron chi connectivity index (χ3n) is 3.28. The zero-order valence-corrected chi connectivity index (χ0v) is 16.5. The molecule has 2 aromatic rings. The van der Waals surface area contributed by atoms with E-state index in [9.17, 15) is 4.39 Å². The molecule has 0 saturated carbocycles. The lowest BCUT2D eigenvalue weighted by molar-refractivity contribution is 0.626. The fraction of sp³-hybridized carbons (Fsp3) is 0.250. The molecular formula is C20H21ClFNS2. The monoisotopic (exact) mass is 393 g/mol. The highest BCUT2D eigenvalue weighted by molar-refractivity contribution is 8.14. The van der Waals surface area contributed by atoms with Crippen molar-refractivity contribution >= 4 is 45.9 Å². The fourth-order valence-corrected chi connectivity index (χ4v) is 3.74. The third-order valence-corrected chi connectivity index (χ3v) is 5.38. The van der Waals surface area contributed by atoms with Crippen LogP contribution >= 0.6 is 35.1 Å². The number of nitrogens with zero attached hydrogens (tertiary/aromatic N) is 1. The molecule has 132 valence electrons. The van der Waals surface area contributed by atoms with Crippen LogP contribution in [0.15, 0.2) is 69.9 Å². The molecular weight excluding hydrogens is 373 g/mol. The molecule has 5 heteroatoms. The van der Waals surface area contributed by atoms with E-state index in [0.717, 1.165) is 34.2 Å². The minimum atomic E-state index is -0.218. The summed E-state index contributed by atoms with van der Waals surface area (Å²) in [5, 5.41) is 2.96. The number of aliphatic imine (C=N–C) groups is 1. The van der Waals surface area contributed by atoms with E-state index in [2.05, 4.69) is 19.1 Å². The fourth-order valence-electron chi connectivity index (χ4n) is 1.92. The van der Waals surface area contributed by atoms with Gasteiger partial charge in [-0.1, -0.05) is 29.5 Å². The standard InChI is InChI=1S/C20H21ClFNS2/c1-16-4-8-18(9-5-16)23-20(25-14-3-2-13-21)12-15-24-19-10-6-17(22)7-11-19/h4-12,15H,2-3,13-14H2,1H3. The number of aryl methyl sites for hydroxylation is 1. The Morgan fingerprint density at radius 2 is 1.80 bits per heavy atom. The smallest absolute Gasteiger partial charge is 0.123 e. The highest BCUT2D eigenvalue weighted by Crippen LogP contribution is 2.22. The minimum Gasteiger partial charge on any atom is -0.242 e. The summed E-state index contributed by atoms with van der Waals surface area (Å²) >= 11 is 9.02. The van der Waals surface area contributed by atoms with Crippen LogP contribution in [-0.4, -0.2) is 16.7 Å². The van der Waals surface area contributed by atoms with E-state index in [4.69, 9.17) is 16.6 Å². The molecule has 0 aliphatic rings. The van der Waals surface area contributed by atoms with Gasteiger partial charge in [0.2, 0.25) is 0 Å². The molecule has 2 rings (SSSR count). The maximum Gasteiger partial charge on any atom is 0.123 e. The summed E-state index contributed by atoms with van der Waals surface area (Å²) in [5.74, 6) is 1.47. The largest absolute Gasteiger partial charge is 0.242 e. The molecule has 2 aromatic carbocycles. The van der Waals surface area contributed by atoms with Gasteiger partial charge >= 0.3 is 0 Å². The topological polar surface area (TPSA) is 12.4 Å². The zero-order chi connectivity index (χ0) is 17.9. The van der Waals surface area contributed by atoms with Gasteiger partial charge in [0.1, 0.15) is 5.82 Å². The minimum absolute atomic E-state index is 0.218. The summed E-state index contributed by atoms with van der Waals surface area (Å²) in [6, 6.07) is 14.7. The Kier molecular flexibility index (Phi) is 9.16. The van der Waals surface area contributed by atoms with Crippen molar-refractivity contribution in [3.8, 4) is 0 Å². The van der Waals surface area contributed by atoms with Crippen LogP contribution in [-0.2, 0) is 0 Å². The van der Waals surface area contributed by atoms with Gasteiger partial charge in [0.15, 0.2) is 0 Å². The molecule has 0 unspecified atom stereocenters. The lowest BCUT2D eigenvalue weighted by Gasteiger charge is -2.03. The first kappa shape index (κ1) is 20.1. The van der Waals surface area contributed by atoms with Gasteiger partial charge < -0.3 is 0 Å². The summed E-state index contributed by atoms with van der Waals surface area (Å²) in [6.45, 7) is 2.06. The molecule has 0 aliphatic heterocycles. The van der Waals surface area contributed by atoms with Gasteiger partial charge in [-0.15, -0.1) is 23.4 Å². The molecule has 0 aliphatic carbocycles. The highest BCUT2D eigenvalue weighted by atomic mass is 35.5. The number of halogens is 2. The number of hydrogen-bond acceptors (Lipinski definition) is 3. The lowest BCUT2D eigenvalue weighted by atomic mass is 10.2. The first-order valence-electron chi connectivity index (χ1n) is 8.10. The number of unbranched alkanes of at least 4 members (excludes halogenated alkanes) is 1. The first-order valence-corrected chi connectivity index (χ1v) is 10.5. The molecule has 0 bridgehead atoms. The van der Waals surface area contributed by atoms with Gasteiger partial charge in [-0.3, -0.25) is 0 Å². The van der Waals surface area contributed by atoms with E-state index in [1.54, 1.807) is 35.7 Å². The molecule has 0 atom stereocenters. The van der Waals surface area contributed by atoms with Crippen LogP contribution in [0.5, 0.6) is 0 Å². The molecule has 0 fully saturated rings. The van der Waals surface area contributed by atoms with Crippen molar-refractivity contribution in [3.05, 3.63) is 71.4 Å². The van der Waals surface area contributed by atoms with Gasteiger partial charge in [0.05, 0.1) is 10.7 Å². The Morgan fingerprint density at radius 1 is 1.08 bits per heavy atom. The van der Waals surface area contributed by atoms with Crippen LogP contribution in [0, 0.1) is 12.7 Å². The molecule has 0 amide bonds. The molecule has 1 nitrogen and oxygen atoms in total. The normalized spacial score (nSPS) is 12.0. The summed E-state index contributed by atoms with van der Waals surface area (Å²) < 4.78 is 13.0. The molecule has 0 N–H and O–H groups in total. The van der Waals surface area contributed by atoms with Crippen LogP contribution in [0.25, 0.3) is 0 Å². The van der Waals surface area contributed by atoms with Crippen molar-refractivity contribution in [2.24, 2.45) is 4.99 Å². The van der Waals surface area contributed by atoms with E-state index in [-0.39, 0.29) is 5.82 Å². The predicted molar refractivity (Wildman–Crippen MR) is 112 cm³/mol. The second kappa shape index (κ2) is 11.4. The van der Waals surface area contributed by atoms with E-state index in [1.165, 1.54) is 17.7 Å². The quantitative estimate of drug-likeness (QED) is 0.154. The molecule has 0 spiro atoms. The Balaban J connectivity index is 2.03. The summed E-state index contributed by atoms with van der Waals surface area (Å²) in [4.78, 5) is 5.73. The number of hydrogen-bond donors (Lipinski definition) is 0. The van der Waals surface area contributed by atoms with Crippen LogP contribution < -0.4 is 0 Å². The van der Waals surface area contributed by atoms with Gasteiger partial charge in [0.25, 0.3) is 0 Å². The van der Waals surface area contributed by atoms with Crippen LogP contribution in [0.3, 0.4) is 0 Å². The van der Waals surface area contributed by atoms with E-state index < -0.39 is 0 Å². The van der Waals surface area contributed by atoms with Crippen molar-refractivity contribution in [2.45, 2.75) is 24.7 Å². The second-order valence-electron chi connectivity index (χ2n) is 5.40. The summed E-state index contributed by atoms with van der Waals surface area (Å²) in [6.07, 6.45) is 4.10. The van der Waals surface area contributed by atoms with Gasteiger partial charge in [-0.05, 0) is 73.4 Å². The van der Waals surface area contributed by atoms with Gasteiger partial charge in [-0.2, -0.15) is 0 Å². The third kappa shape index (κ3) is 8.13. The van der Waals surface area contributed by atoms with E-state index in [0.29, 0.717) is 5.88 Å². The highest BCUT2D eigenvalue weighted by Gasteiger charge is 1.99. The van der Waals surface area contributed by atoms with E-state index in [1.807, 2.05) is 23.6 Å². The molecule has 0 heterocycles. The number of rotatable bonds is 8. The predicted octanol–water partition coefficient (Wildman–Crippen LogP) is 7.22. The van der Waals surface area contributed by atoms with Crippen LogP contribution in [0.4, 0.5) is 10.1 Å². The summed E-state index contributed by atoms with van der Waals surface area (Å²) in [7, 11) is 0. The molecule has 25 heavy (non-hydrogen) atoms. The Hall–Kier alpha value is -1.23. The van der Waals surface area contributed by atoms with Crippen molar-refractivity contribution in [3.63, 3.8) is 0 Å². The van der Waals surface area contributed by atoms with Crippen molar-refractivity contribution in [1.29, 1.82) is 0 Å². The zero-order valence-electron chi connectivity index (χ0n) is 14.1. The lowest BCUT2D eigenvalue weighted by Crippen LogP contribution is -1.90. The first-order chi connectivity index (χ1) is 12.2. The second-order valence-corrected chi connectivity index (χ2v) is 7.88. The Bertz CT molecular complexity index is 697. The number of thioether (sulfide) groups is 2. The maximum atomic E-state index is 13.0. The van der Waals surface area contributed by atoms with E-state index >= 15 is 0 Å². The summed E-state index contributed by atoms with van der Waals surface area (Å²) in [5.41, 5.74) is 2.17. The average Bonchev–Trinajstić information content (AvgIpc) is 2.62. The number of benzene rings is 2. The van der Waals surface area contributed by atoms with Crippen molar-refractivity contribution in [1.82, 2.24) is 0 Å².